The normalized spacial score (nSPS) is 11.5. The molecule has 0 radical (unpaired) electrons. The maximum Gasteiger partial charge on any atom is 0.325 e. The van der Waals surface area contributed by atoms with Crippen LogP contribution in [0.15, 0.2) is 12.4 Å². The van der Waals surface area contributed by atoms with Crippen molar-refractivity contribution in [1.82, 2.24) is 15.1 Å². The van der Waals surface area contributed by atoms with Crippen LogP contribution in [0.1, 0.15) is 19.4 Å². The van der Waals surface area contributed by atoms with Crippen molar-refractivity contribution in [2.45, 2.75) is 25.9 Å². The van der Waals surface area contributed by atoms with Gasteiger partial charge in [-0.3, -0.25) is 14.8 Å². The minimum Gasteiger partial charge on any atom is -0.468 e. The molecule has 0 spiro atoms. The lowest BCUT2D eigenvalue weighted by atomic mass is 10.1. The summed E-state index contributed by atoms with van der Waals surface area (Å²) in [4.78, 5) is 11.4. The van der Waals surface area contributed by atoms with E-state index >= 15 is 0 Å². The number of nitrogens with zero attached hydrogens (tertiary/aromatic N) is 2. The highest BCUT2D eigenvalue weighted by molar-refractivity contribution is 5.79. The number of nitrogens with one attached hydrogen (secondary N) is 1. The van der Waals surface area contributed by atoms with Crippen LogP contribution in [-0.4, -0.2) is 28.4 Å². The zero-order valence-corrected chi connectivity index (χ0v) is 9.57. The number of methoxy groups -OCH3 is 1. The molecule has 0 aliphatic heterocycles. The van der Waals surface area contributed by atoms with Gasteiger partial charge in [0.1, 0.15) is 5.54 Å². The van der Waals surface area contributed by atoms with Crippen molar-refractivity contribution < 1.29 is 9.53 Å². The first-order valence-electron chi connectivity index (χ1n) is 4.76. The lowest BCUT2D eigenvalue weighted by Gasteiger charge is -2.22. The van der Waals surface area contributed by atoms with Crippen molar-refractivity contribution >= 4 is 5.97 Å². The van der Waals surface area contributed by atoms with Crippen LogP contribution >= 0.6 is 0 Å². The maximum atomic E-state index is 11.4. The average molecular weight is 211 g/mol. The minimum atomic E-state index is -0.676. The summed E-state index contributed by atoms with van der Waals surface area (Å²) in [5.74, 6) is -0.272. The zero-order chi connectivity index (χ0) is 11.5. The molecule has 0 aromatic carbocycles. The van der Waals surface area contributed by atoms with Crippen molar-refractivity contribution in [3.63, 3.8) is 0 Å². The summed E-state index contributed by atoms with van der Waals surface area (Å²) in [5.41, 5.74) is 0.361. The second-order valence-electron chi connectivity index (χ2n) is 3.99. The molecular weight excluding hydrogens is 194 g/mol. The summed E-state index contributed by atoms with van der Waals surface area (Å²) >= 11 is 0. The van der Waals surface area contributed by atoms with Crippen LogP contribution in [0.25, 0.3) is 0 Å². The number of ether oxygens (including phenoxy) is 1. The van der Waals surface area contributed by atoms with Gasteiger partial charge in [0.2, 0.25) is 0 Å². The van der Waals surface area contributed by atoms with Crippen LogP contribution in [0.3, 0.4) is 0 Å². The molecular formula is C10H17N3O2. The molecule has 1 N–H and O–H groups in total. The van der Waals surface area contributed by atoms with Gasteiger partial charge < -0.3 is 4.74 Å². The predicted octanol–water partition coefficient (Wildman–Crippen LogP) is 0.461. The van der Waals surface area contributed by atoms with Crippen LogP contribution in [-0.2, 0) is 23.1 Å². The first kappa shape index (κ1) is 11.7. The summed E-state index contributed by atoms with van der Waals surface area (Å²) in [5, 5.41) is 7.15. The van der Waals surface area contributed by atoms with E-state index in [1.165, 1.54) is 7.11 Å². The molecule has 0 bridgehead atoms. The molecule has 0 fully saturated rings. The molecule has 0 aliphatic carbocycles. The maximum absolute atomic E-state index is 11.4. The van der Waals surface area contributed by atoms with Crippen molar-refractivity contribution in [2.75, 3.05) is 7.11 Å². The summed E-state index contributed by atoms with van der Waals surface area (Å²) in [6.07, 6.45) is 3.67. The van der Waals surface area contributed by atoms with Gasteiger partial charge in [0, 0.05) is 25.4 Å². The first-order valence-corrected chi connectivity index (χ1v) is 4.76. The number of carbonyl (C=O) groups excluding carboxylic acids is 1. The molecule has 15 heavy (non-hydrogen) atoms. The van der Waals surface area contributed by atoms with Crippen molar-refractivity contribution in [3.05, 3.63) is 18.0 Å². The topological polar surface area (TPSA) is 56.1 Å². The fourth-order valence-corrected chi connectivity index (χ4v) is 1.21. The second kappa shape index (κ2) is 4.44. The Morgan fingerprint density at radius 2 is 2.33 bits per heavy atom. The van der Waals surface area contributed by atoms with Crippen LogP contribution in [0.5, 0.6) is 0 Å². The van der Waals surface area contributed by atoms with E-state index in [-0.39, 0.29) is 5.97 Å². The molecule has 0 unspecified atom stereocenters. The largest absolute Gasteiger partial charge is 0.468 e. The summed E-state index contributed by atoms with van der Waals surface area (Å²) in [6, 6.07) is 0. The molecule has 1 aromatic heterocycles. The summed E-state index contributed by atoms with van der Waals surface area (Å²) < 4.78 is 6.41. The molecule has 1 aromatic rings. The highest BCUT2D eigenvalue weighted by Gasteiger charge is 2.27. The Hall–Kier alpha value is -1.36. The Balaban J connectivity index is 2.53. The van der Waals surface area contributed by atoms with Gasteiger partial charge in [-0.25, -0.2) is 0 Å². The molecule has 0 amide bonds. The predicted molar refractivity (Wildman–Crippen MR) is 56.1 cm³/mol. The molecule has 1 rings (SSSR count). The van der Waals surface area contributed by atoms with Gasteiger partial charge in [0.25, 0.3) is 0 Å². The number of hydrogen-bond acceptors (Lipinski definition) is 4. The van der Waals surface area contributed by atoms with Crippen LogP contribution < -0.4 is 5.32 Å². The van der Waals surface area contributed by atoms with E-state index in [9.17, 15) is 4.79 Å². The Labute approximate surface area is 89.4 Å². The third kappa shape index (κ3) is 3.06. The molecule has 0 aliphatic rings. The Bertz CT molecular complexity index is 344. The number of hydrogen-bond donors (Lipinski definition) is 1. The van der Waals surface area contributed by atoms with Crippen LogP contribution in [0.2, 0.25) is 0 Å². The van der Waals surface area contributed by atoms with Gasteiger partial charge in [-0.05, 0) is 13.8 Å². The van der Waals surface area contributed by atoms with Crippen molar-refractivity contribution in [2.24, 2.45) is 7.05 Å². The molecule has 0 saturated heterocycles. The monoisotopic (exact) mass is 211 g/mol. The van der Waals surface area contributed by atoms with E-state index in [1.54, 1.807) is 24.7 Å². The average Bonchev–Trinajstić information content (AvgIpc) is 2.60. The Kier molecular flexibility index (Phi) is 3.47. The first-order chi connectivity index (χ1) is 6.95. The van der Waals surface area contributed by atoms with Gasteiger partial charge in [-0.1, -0.05) is 0 Å². The van der Waals surface area contributed by atoms with E-state index in [2.05, 4.69) is 15.2 Å². The molecule has 0 atom stereocenters. The van der Waals surface area contributed by atoms with E-state index in [4.69, 9.17) is 0 Å². The van der Waals surface area contributed by atoms with E-state index in [1.807, 2.05) is 13.2 Å². The fourth-order valence-electron chi connectivity index (χ4n) is 1.21. The molecule has 84 valence electrons. The highest BCUT2D eigenvalue weighted by atomic mass is 16.5. The lowest BCUT2D eigenvalue weighted by molar-refractivity contribution is -0.147. The van der Waals surface area contributed by atoms with E-state index < -0.39 is 5.54 Å². The second-order valence-corrected chi connectivity index (χ2v) is 3.99. The number of rotatable bonds is 4. The van der Waals surface area contributed by atoms with Crippen molar-refractivity contribution in [1.29, 1.82) is 0 Å². The van der Waals surface area contributed by atoms with E-state index in [0.29, 0.717) is 6.54 Å². The standard InChI is InChI=1S/C10H17N3O2/c1-10(2,9(14)15-4)11-5-8-6-12-13(3)7-8/h6-7,11H,5H2,1-4H3. The van der Waals surface area contributed by atoms with Gasteiger partial charge in [0.15, 0.2) is 0 Å². The van der Waals surface area contributed by atoms with E-state index in [0.717, 1.165) is 5.56 Å². The van der Waals surface area contributed by atoms with Gasteiger partial charge in [0.05, 0.1) is 13.3 Å². The van der Waals surface area contributed by atoms with Gasteiger partial charge >= 0.3 is 5.97 Å². The number of aryl methyl sites for hydroxylation is 1. The Morgan fingerprint density at radius 1 is 1.67 bits per heavy atom. The molecule has 5 heteroatoms. The smallest absolute Gasteiger partial charge is 0.325 e. The molecule has 0 saturated carbocycles. The van der Waals surface area contributed by atoms with Gasteiger partial charge in [-0.2, -0.15) is 5.10 Å². The zero-order valence-electron chi connectivity index (χ0n) is 9.57. The SMILES string of the molecule is COC(=O)C(C)(C)NCc1cnn(C)c1. The summed E-state index contributed by atoms with van der Waals surface area (Å²) in [6.45, 7) is 4.17. The Morgan fingerprint density at radius 3 is 2.80 bits per heavy atom. The quantitative estimate of drug-likeness (QED) is 0.735. The lowest BCUT2D eigenvalue weighted by Crippen LogP contribution is -2.46. The fraction of sp³-hybridized carbons (Fsp3) is 0.600. The van der Waals surface area contributed by atoms with Crippen LogP contribution in [0, 0.1) is 0 Å². The third-order valence-corrected chi connectivity index (χ3v) is 2.19. The van der Waals surface area contributed by atoms with Crippen molar-refractivity contribution in [3.8, 4) is 0 Å². The number of aromatic nitrogens is 2. The molecule has 5 nitrogen and oxygen atoms in total. The minimum absolute atomic E-state index is 0.272. The molecule has 1 heterocycles. The number of esters is 1. The third-order valence-electron chi connectivity index (χ3n) is 2.19. The number of carbonyl (C=O) groups is 1. The highest BCUT2D eigenvalue weighted by Crippen LogP contribution is 2.06. The summed E-state index contributed by atoms with van der Waals surface area (Å²) in [7, 11) is 3.24. The van der Waals surface area contributed by atoms with Crippen LogP contribution in [0.4, 0.5) is 0 Å². The van der Waals surface area contributed by atoms with Gasteiger partial charge in [-0.15, -0.1) is 0 Å².